The van der Waals surface area contributed by atoms with Gasteiger partial charge in [-0.2, -0.15) is 0 Å². The first kappa shape index (κ1) is 9.40. The largest absolute Gasteiger partial charge is 0.346 e. The second-order valence-electron chi connectivity index (χ2n) is 2.94. The molecule has 3 heteroatoms. The molecule has 0 aliphatic rings. The van der Waals surface area contributed by atoms with E-state index in [1.807, 2.05) is 42.6 Å². The predicted octanol–water partition coefficient (Wildman–Crippen LogP) is 2.64. The van der Waals surface area contributed by atoms with E-state index in [1.54, 1.807) is 18.6 Å². The number of aromatic amines is 1. The van der Waals surface area contributed by atoms with Crippen molar-refractivity contribution < 1.29 is 0 Å². The lowest BCUT2D eigenvalue weighted by Gasteiger charge is -1.82. The first-order chi connectivity index (χ1) is 7.47. The quantitative estimate of drug-likeness (QED) is 0.602. The lowest BCUT2D eigenvalue weighted by Crippen LogP contribution is -1.70. The van der Waals surface area contributed by atoms with Crippen molar-refractivity contribution in [2.24, 2.45) is 0 Å². The van der Waals surface area contributed by atoms with E-state index in [0.29, 0.717) is 0 Å². The minimum atomic E-state index is 0.956. The first-order valence-corrected chi connectivity index (χ1v) is 4.70. The summed E-state index contributed by atoms with van der Waals surface area (Å²) in [4.78, 5) is 10.9. The van der Waals surface area contributed by atoms with Crippen LogP contribution < -0.4 is 0 Å². The Morgan fingerprint density at radius 3 is 2.33 bits per heavy atom. The highest BCUT2D eigenvalue weighted by Gasteiger charge is 1.88. The van der Waals surface area contributed by atoms with Crippen molar-refractivity contribution in [2.75, 3.05) is 0 Å². The molecule has 0 amide bonds. The maximum absolute atomic E-state index is 4.09. The SMILES string of the molecule is c1ccncc1.c1cnc2[nH]ccc2c1. The number of rotatable bonds is 0. The highest BCUT2D eigenvalue weighted by molar-refractivity contribution is 5.74. The topological polar surface area (TPSA) is 41.6 Å². The molecule has 0 radical (unpaired) electrons. The third-order valence-corrected chi connectivity index (χ3v) is 1.89. The fraction of sp³-hybridized carbons (Fsp3) is 0. The third kappa shape index (κ3) is 2.64. The normalized spacial score (nSPS) is 9.33. The Balaban J connectivity index is 0.000000124. The molecule has 0 aromatic carbocycles. The molecule has 3 aromatic heterocycles. The van der Waals surface area contributed by atoms with E-state index in [9.17, 15) is 0 Å². The van der Waals surface area contributed by atoms with Crippen LogP contribution in [0.1, 0.15) is 0 Å². The Labute approximate surface area is 87.8 Å². The van der Waals surface area contributed by atoms with Crippen LogP contribution in [0.5, 0.6) is 0 Å². The minimum Gasteiger partial charge on any atom is -0.346 e. The molecule has 0 spiro atoms. The summed E-state index contributed by atoms with van der Waals surface area (Å²) in [7, 11) is 0. The van der Waals surface area contributed by atoms with Crippen molar-refractivity contribution >= 4 is 11.0 Å². The molecule has 0 bridgehead atoms. The van der Waals surface area contributed by atoms with Crippen LogP contribution in [0.15, 0.2) is 61.2 Å². The predicted molar refractivity (Wildman–Crippen MR) is 60.3 cm³/mol. The number of nitrogens with zero attached hydrogens (tertiary/aromatic N) is 2. The average molecular weight is 197 g/mol. The number of aromatic nitrogens is 3. The highest BCUT2D eigenvalue weighted by atomic mass is 14.8. The van der Waals surface area contributed by atoms with Gasteiger partial charge >= 0.3 is 0 Å². The molecule has 0 atom stereocenters. The van der Waals surface area contributed by atoms with E-state index in [1.165, 1.54) is 0 Å². The van der Waals surface area contributed by atoms with Crippen molar-refractivity contribution in [3.8, 4) is 0 Å². The van der Waals surface area contributed by atoms with Gasteiger partial charge in [0.2, 0.25) is 0 Å². The van der Waals surface area contributed by atoms with Gasteiger partial charge in [-0.15, -0.1) is 0 Å². The molecule has 3 rings (SSSR count). The number of hydrogen-bond acceptors (Lipinski definition) is 2. The highest BCUT2D eigenvalue weighted by Crippen LogP contribution is 2.05. The van der Waals surface area contributed by atoms with Gasteiger partial charge in [0.1, 0.15) is 5.65 Å². The molecular weight excluding hydrogens is 186 g/mol. The molecule has 0 saturated heterocycles. The lowest BCUT2D eigenvalue weighted by molar-refractivity contribution is 1.33. The molecule has 1 N–H and O–H groups in total. The number of pyridine rings is 2. The standard InChI is InChI=1S/C7H6N2.C5H5N/c1-2-6-3-5-9-7(6)8-4-1;1-2-4-6-5-3-1/h1-5H,(H,8,9);1-5H. The van der Waals surface area contributed by atoms with E-state index < -0.39 is 0 Å². The Morgan fingerprint density at radius 1 is 0.867 bits per heavy atom. The summed E-state index contributed by atoms with van der Waals surface area (Å²) in [6, 6.07) is 11.7. The van der Waals surface area contributed by atoms with Crippen molar-refractivity contribution in [1.29, 1.82) is 0 Å². The summed E-state index contributed by atoms with van der Waals surface area (Å²) >= 11 is 0. The van der Waals surface area contributed by atoms with Gasteiger partial charge in [0.15, 0.2) is 0 Å². The second-order valence-corrected chi connectivity index (χ2v) is 2.94. The van der Waals surface area contributed by atoms with Crippen LogP contribution in [0.4, 0.5) is 0 Å². The van der Waals surface area contributed by atoms with Gasteiger partial charge in [-0.25, -0.2) is 4.98 Å². The van der Waals surface area contributed by atoms with Crippen LogP contribution in [0.25, 0.3) is 11.0 Å². The maximum atomic E-state index is 4.09. The van der Waals surface area contributed by atoms with E-state index in [2.05, 4.69) is 15.0 Å². The summed E-state index contributed by atoms with van der Waals surface area (Å²) in [5.41, 5.74) is 0.956. The van der Waals surface area contributed by atoms with Gasteiger partial charge in [-0.1, -0.05) is 6.07 Å². The molecule has 0 unspecified atom stereocenters. The summed E-state index contributed by atoms with van der Waals surface area (Å²) in [5, 5.41) is 1.16. The number of fused-ring (bicyclic) bond motifs is 1. The summed E-state index contributed by atoms with van der Waals surface area (Å²) in [6.07, 6.45) is 7.16. The van der Waals surface area contributed by atoms with Gasteiger partial charge in [0.25, 0.3) is 0 Å². The Hall–Kier alpha value is -2.16. The molecule has 0 fully saturated rings. The van der Waals surface area contributed by atoms with E-state index in [4.69, 9.17) is 0 Å². The lowest BCUT2D eigenvalue weighted by atomic mass is 10.3. The Bertz CT molecular complexity index is 445. The molecule has 3 nitrogen and oxygen atoms in total. The van der Waals surface area contributed by atoms with Crippen molar-refractivity contribution in [2.45, 2.75) is 0 Å². The van der Waals surface area contributed by atoms with Crippen LogP contribution in [-0.4, -0.2) is 15.0 Å². The summed E-state index contributed by atoms with van der Waals surface area (Å²) in [5.74, 6) is 0. The molecule has 0 aliphatic carbocycles. The fourth-order valence-electron chi connectivity index (χ4n) is 1.20. The molecule has 3 heterocycles. The van der Waals surface area contributed by atoms with Crippen LogP contribution in [0.2, 0.25) is 0 Å². The Kier molecular flexibility index (Phi) is 3.07. The number of nitrogens with one attached hydrogen (secondary N) is 1. The molecule has 0 saturated carbocycles. The van der Waals surface area contributed by atoms with Crippen molar-refractivity contribution in [1.82, 2.24) is 15.0 Å². The van der Waals surface area contributed by atoms with Crippen molar-refractivity contribution in [3.05, 3.63) is 61.2 Å². The zero-order chi connectivity index (χ0) is 10.3. The molecule has 15 heavy (non-hydrogen) atoms. The average Bonchev–Trinajstić information content (AvgIpc) is 2.80. The monoisotopic (exact) mass is 197 g/mol. The van der Waals surface area contributed by atoms with E-state index in [0.717, 1.165) is 11.0 Å². The van der Waals surface area contributed by atoms with Gasteiger partial charge in [-0.05, 0) is 30.3 Å². The van der Waals surface area contributed by atoms with Crippen LogP contribution in [0, 0.1) is 0 Å². The van der Waals surface area contributed by atoms with Gasteiger partial charge < -0.3 is 4.98 Å². The molecular formula is C12H11N3. The summed E-state index contributed by atoms with van der Waals surface area (Å²) in [6.45, 7) is 0. The Morgan fingerprint density at radius 2 is 1.73 bits per heavy atom. The zero-order valence-electron chi connectivity index (χ0n) is 8.17. The minimum absolute atomic E-state index is 0.956. The fourth-order valence-corrected chi connectivity index (χ4v) is 1.20. The molecule has 74 valence electrons. The maximum Gasteiger partial charge on any atom is 0.137 e. The van der Waals surface area contributed by atoms with Gasteiger partial charge in [-0.3, -0.25) is 4.98 Å². The zero-order valence-corrected chi connectivity index (χ0v) is 8.17. The van der Waals surface area contributed by atoms with Crippen LogP contribution in [-0.2, 0) is 0 Å². The number of H-pyrrole nitrogens is 1. The van der Waals surface area contributed by atoms with Crippen LogP contribution >= 0.6 is 0 Å². The first-order valence-electron chi connectivity index (χ1n) is 4.70. The smallest absolute Gasteiger partial charge is 0.137 e. The third-order valence-electron chi connectivity index (χ3n) is 1.89. The van der Waals surface area contributed by atoms with E-state index >= 15 is 0 Å². The second kappa shape index (κ2) is 4.91. The van der Waals surface area contributed by atoms with Crippen LogP contribution in [0.3, 0.4) is 0 Å². The van der Waals surface area contributed by atoms with Gasteiger partial charge in [0, 0.05) is 30.2 Å². The number of hydrogen-bond donors (Lipinski definition) is 1. The van der Waals surface area contributed by atoms with Gasteiger partial charge in [0.05, 0.1) is 0 Å². The summed E-state index contributed by atoms with van der Waals surface area (Å²) < 4.78 is 0. The van der Waals surface area contributed by atoms with E-state index in [-0.39, 0.29) is 0 Å². The molecule has 0 aliphatic heterocycles. The molecule has 3 aromatic rings. The van der Waals surface area contributed by atoms with Crippen molar-refractivity contribution in [3.63, 3.8) is 0 Å².